The van der Waals surface area contributed by atoms with Gasteiger partial charge in [-0.05, 0) is 43.3 Å². The fourth-order valence-electron chi connectivity index (χ4n) is 3.50. The fraction of sp³-hybridized carbons (Fsp3) is 0.304. The molecule has 1 atom stereocenters. The molecular weight excluding hydrogens is 430 g/mol. The summed E-state index contributed by atoms with van der Waals surface area (Å²) in [5.74, 6) is -0.0639. The van der Waals surface area contributed by atoms with Crippen molar-refractivity contribution in [2.24, 2.45) is 0 Å². The van der Waals surface area contributed by atoms with Crippen molar-refractivity contribution in [3.05, 3.63) is 60.7 Å². The van der Waals surface area contributed by atoms with Crippen LogP contribution in [0.25, 0.3) is 0 Å². The number of rotatable bonds is 8. The van der Waals surface area contributed by atoms with Crippen molar-refractivity contribution < 1.29 is 22.7 Å². The maximum absolute atomic E-state index is 12.7. The van der Waals surface area contributed by atoms with Crippen molar-refractivity contribution in [1.29, 1.82) is 0 Å². The molecule has 0 saturated heterocycles. The van der Waals surface area contributed by atoms with Gasteiger partial charge in [0, 0.05) is 37.0 Å². The topological polar surface area (TPSA) is 96.0 Å². The van der Waals surface area contributed by atoms with E-state index < -0.39 is 16.1 Å². The van der Waals surface area contributed by atoms with E-state index >= 15 is 0 Å². The molecule has 170 valence electrons. The summed E-state index contributed by atoms with van der Waals surface area (Å²) in [4.78, 5) is 26.7. The van der Waals surface area contributed by atoms with Crippen LogP contribution in [0.2, 0.25) is 0 Å². The van der Waals surface area contributed by atoms with Crippen molar-refractivity contribution in [1.82, 2.24) is 4.31 Å². The molecule has 32 heavy (non-hydrogen) atoms. The van der Waals surface area contributed by atoms with E-state index in [4.69, 9.17) is 4.74 Å². The lowest BCUT2D eigenvalue weighted by Gasteiger charge is -2.32. The van der Waals surface area contributed by atoms with Gasteiger partial charge in [0.25, 0.3) is 11.8 Å². The number of benzene rings is 2. The molecule has 2 amide bonds. The number of hydrogen-bond acceptors (Lipinski definition) is 5. The van der Waals surface area contributed by atoms with Gasteiger partial charge < -0.3 is 15.0 Å². The molecule has 0 spiro atoms. The maximum atomic E-state index is 12.7. The Kier molecular flexibility index (Phi) is 7.00. The SMILES string of the molecule is C=CCN1C(=O)C(C)Oc2cc(NC(=O)c3ccc(S(=O)(=O)N(CC)CC)cc3)ccc21. The summed E-state index contributed by atoms with van der Waals surface area (Å²) in [5.41, 5.74) is 1.42. The van der Waals surface area contributed by atoms with Gasteiger partial charge in [-0.3, -0.25) is 9.59 Å². The Morgan fingerprint density at radius 2 is 1.84 bits per heavy atom. The highest BCUT2D eigenvalue weighted by molar-refractivity contribution is 7.89. The van der Waals surface area contributed by atoms with E-state index in [2.05, 4.69) is 11.9 Å². The van der Waals surface area contributed by atoms with Crippen LogP contribution >= 0.6 is 0 Å². The quantitative estimate of drug-likeness (QED) is 0.614. The van der Waals surface area contributed by atoms with Gasteiger partial charge in [-0.15, -0.1) is 6.58 Å². The number of nitrogens with zero attached hydrogens (tertiary/aromatic N) is 2. The van der Waals surface area contributed by atoms with Crippen LogP contribution in [0.4, 0.5) is 11.4 Å². The van der Waals surface area contributed by atoms with E-state index in [1.165, 1.54) is 28.6 Å². The minimum absolute atomic E-state index is 0.140. The number of nitrogens with one attached hydrogen (secondary N) is 1. The zero-order valence-corrected chi connectivity index (χ0v) is 19.2. The number of amides is 2. The van der Waals surface area contributed by atoms with Crippen molar-refractivity contribution in [3.63, 3.8) is 0 Å². The second-order valence-electron chi connectivity index (χ2n) is 7.25. The number of anilines is 2. The zero-order valence-electron chi connectivity index (χ0n) is 18.4. The predicted octanol–water partition coefficient (Wildman–Crippen LogP) is 3.27. The molecule has 0 aliphatic carbocycles. The molecule has 2 aromatic rings. The Morgan fingerprint density at radius 1 is 1.19 bits per heavy atom. The second kappa shape index (κ2) is 9.54. The lowest BCUT2D eigenvalue weighted by Crippen LogP contribution is -2.44. The second-order valence-corrected chi connectivity index (χ2v) is 9.19. The van der Waals surface area contributed by atoms with Crippen molar-refractivity contribution in [2.75, 3.05) is 29.9 Å². The summed E-state index contributed by atoms with van der Waals surface area (Å²) >= 11 is 0. The van der Waals surface area contributed by atoms with Crippen molar-refractivity contribution in [3.8, 4) is 5.75 Å². The van der Waals surface area contributed by atoms with Gasteiger partial charge in [-0.2, -0.15) is 4.31 Å². The van der Waals surface area contributed by atoms with Gasteiger partial charge in [0.05, 0.1) is 10.6 Å². The smallest absolute Gasteiger partial charge is 0.268 e. The highest BCUT2D eigenvalue weighted by atomic mass is 32.2. The average Bonchev–Trinajstić information content (AvgIpc) is 2.77. The molecule has 1 aliphatic heterocycles. The van der Waals surface area contributed by atoms with E-state index in [0.29, 0.717) is 42.3 Å². The minimum atomic E-state index is -3.59. The molecule has 0 radical (unpaired) electrons. The molecule has 2 aromatic carbocycles. The maximum Gasteiger partial charge on any atom is 0.268 e. The Hall–Kier alpha value is -3.17. The lowest BCUT2D eigenvalue weighted by atomic mass is 10.1. The number of hydrogen-bond donors (Lipinski definition) is 1. The van der Waals surface area contributed by atoms with E-state index in [1.54, 1.807) is 49.9 Å². The Bertz CT molecular complexity index is 1120. The van der Waals surface area contributed by atoms with Gasteiger partial charge in [0.15, 0.2) is 6.10 Å². The average molecular weight is 458 g/mol. The highest BCUT2D eigenvalue weighted by Gasteiger charge is 2.31. The first-order chi connectivity index (χ1) is 15.2. The molecule has 1 unspecified atom stereocenters. The van der Waals surface area contributed by atoms with E-state index in [0.717, 1.165) is 0 Å². The van der Waals surface area contributed by atoms with Gasteiger partial charge in [-0.1, -0.05) is 19.9 Å². The van der Waals surface area contributed by atoms with Gasteiger partial charge >= 0.3 is 0 Å². The third kappa shape index (κ3) is 4.53. The molecule has 1 aliphatic rings. The zero-order chi connectivity index (χ0) is 23.5. The van der Waals surface area contributed by atoms with Crippen molar-refractivity contribution in [2.45, 2.75) is 31.8 Å². The number of fused-ring (bicyclic) bond motifs is 1. The molecule has 0 bridgehead atoms. The Balaban J connectivity index is 1.79. The number of carbonyl (C=O) groups is 2. The first-order valence-electron chi connectivity index (χ1n) is 10.4. The van der Waals surface area contributed by atoms with E-state index in [9.17, 15) is 18.0 Å². The molecule has 3 rings (SSSR count). The minimum Gasteiger partial charge on any atom is -0.479 e. The Morgan fingerprint density at radius 3 is 2.44 bits per heavy atom. The van der Waals surface area contributed by atoms with Crippen LogP contribution in [0.1, 0.15) is 31.1 Å². The normalized spacial score (nSPS) is 15.8. The van der Waals surface area contributed by atoms with Crippen LogP contribution in [0.3, 0.4) is 0 Å². The summed E-state index contributed by atoms with van der Waals surface area (Å²) in [7, 11) is -3.59. The molecule has 0 aromatic heterocycles. The van der Waals surface area contributed by atoms with Crippen LogP contribution < -0.4 is 15.0 Å². The summed E-state index contributed by atoms with van der Waals surface area (Å²) in [5, 5.41) is 2.78. The molecule has 1 heterocycles. The lowest BCUT2D eigenvalue weighted by molar-refractivity contribution is -0.125. The van der Waals surface area contributed by atoms with Gasteiger partial charge in [-0.25, -0.2) is 8.42 Å². The van der Waals surface area contributed by atoms with E-state index in [-0.39, 0.29) is 16.7 Å². The third-order valence-corrected chi connectivity index (χ3v) is 7.26. The van der Waals surface area contributed by atoms with Crippen LogP contribution in [-0.2, 0) is 14.8 Å². The Labute approximate surface area is 188 Å². The standard InChI is InChI=1S/C23H27N3O5S/c1-5-14-26-20-13-10-18(15-21(20)31-16(4)23(26)28)24-22(27)17-8-11-19(12-9-17)32(29,30)25(6-2)7-3/h5,8-13,15-16H,1,6-7,14H2,2-4H3,(H,24,27). The molecule has 0 fully saturated rings. The van der Waals surface area contributed by atoms with Gasteiger partial charge in [0.1, 0.15) is 5.75 Å². The largest absolute Gasteiger partial charge is 0.479 e. The summed E-state index contributed by atoms with van der Waals surface area (Å²) < 4.78 is 32.3. The number of sulfonamides is 1. The summed E-state index contributed by atoms with van der Waals surface area (Å²) in [6.45, 7) is 10.0. The molecule has 0 saturated carbocycles. The molecule has 9 heteroatoms. The van der Waals surface area contributed by atoms with Crippen LogP contribution in [0.15, 0.2) is 60.0 Å². The monoisotopic (exact) mass is 457 g/mol. The molecule has 8 nitrogen and oxygen atoms in total. The molecule has 1 N–H and O–H groups in total. The summed E-state index contributed by atoms with van der Waals surface area (Å²) in [6.07, 6.45) is 0.994. The predicted molar refractivity (Wildman–Crippen MR) is 124 cm³/mol. The first kappa shape index (κ1) is 23.5. The van der Waals surface area contributed by atoms with Crippen LogP contribution in [0.5, 0.6) is 5.75 Å². The van der Waals surface area contributed by atoms with E-state index in [1.807, 2.05) is 0 Å². The molecular formula is C23H27N3O5S. The van der Waals surface area contributed by atoms with Gasteiger partial charge in [0.2, 0.25) is 10.0 Å². The van der Waals surface area contributed by atoms with Crippen LogP contribution in [0, 0.1) is 0 Å². The van der Waals surface area contributed by atoms with Crippen molar-refractivity contribution >= 4 is 33.2 Å². The first-order valence-corrected chi connectivity index (χ1v) is 11.8. The number of ether oxygens (including phenoxy) is 1. The summed E-state index contributed by atoms with van der Waals surface area (Å²) in [6, 6.07) is 10.9. The highest BCUT2D eigenvalue weighted by Crippen LogP contribution is 2.36. The number of carbonyl (C=O) groups excluding carboxylic acids is 2. The third-order valence-electron chi connectivity index (χ3n) is 5.20. The fourth-order valence-corrected chi connectivity index (χ4v) is 4.96. The van der Waals surface area contributed by atoms with Crippen LogP contribution in [-0.4, -0.2) is 50.3 Å².